The zero-order chi connectivity index (χ0) is 23.2. The fourth-order valence-electron chi connectivity index (χ4n) is 7.00. The average Bonchev–Trinajstić information content (AvgIpc) is 2.84. The van der Waals surface area contributed by atoms with Crippen molar-refractivity contribution in [3.8, 4) is 0 Å². The van der Waals surface area contributed by atoms with E-state index in [1.165, 1.54) is 32.1 Å². The lowest BCUT2D eigenvalue weighted by atomic mass is 9.65. The number of benzene rings is 1. The molecule has 3 heteroatoms. The molecular formula is C30H44F2O. The number of unbranched alkanes of at least 4 members (excludes halogenated alkanes) is 4. The first kappa shape index (κ1) is 24.9. The van der Waals surface area contributed by atoms with Gasteiger partial charge in [-0.05, 0) is 98.1 Å². The Morgan fingerprint density at radius 3 is 2.58 bits per heavy atom. The van der Waals surface area contributed by atoms with Gasteiger partial charge in [0.1, 0.15) is 0 Å². The van der Waals surface area contributed by atoms with Gasteiger partial charge in [0.15, 0.2) is 11.6 Å². The van der Waals surface area contributed by atoms with Crippen LogP contribution in [0.15, 0.2) is 18.7 Å². The van der Waals surface area contributed by atoms with Crippen molar-refractivity contribution >= 4 is 0 Å². The Morgan fingerprint density at radius 1 is 0.970 bits per heavy atom. The third kappa shape index (κ3) is 6.08. The second kappa shape index (κ2) is 12.0. The summed E-state index contributed by atoms with van der Waals surface area (Å²) in [6.45, 7) is 6.62. The predicted molar refractivity (Wildman–Crippen MR) is 133 cm³/mol. The van der Waals surface area contributed by atoms with Crippen molar-refractivity contribution in [3.63, 3.8) is 0 Å². The van der Waals surface area contributed by atoms with Crippen LogP contribution in [0.2, 0.25) is 0 Å². The second-order valence-corrected chi connectivity index (χ2v) is 11.1. The lowest BCUT2D eigenvalue weighted by molar-refractivity contribution is -0.00327. The normalized spacial score (nSPS) is 29.4. The highest BCUT2D eigenvalue weighted by molar-refractivity contribution is 5.38. The molecule has 0 N–H and O–H groups in total. The molecule has 2 saturated carbocycles. The van der Waals surface area contributed by atoms with E-state index in [2.05, 4.69) is 19.6 Å². The molecule has 4 rings (SSSR count). The smallest absolute Gasteiger partial charge is 0.162 e. The maximum atomic E-state index is 15.3. The maximum Gasteiger partial charge on any atom is 0.162 e. The summed E-state index contributed by atoms with van der Waals surface area (Å²) in [4.78, 5) is 0. The molecule has 0 amide bonds. The number of ether oxygens (including phenoxy) is 1. The minimum absolute atomic E-state index is 0.174. The summed E-state index contributed by atoms with van der Waals surface area (Å²) >= 11 is 0. The highest BCUT2D eigenvalue weighted by atomic mass is 19.2. The van der Waals surface area contributed by atoms with E-state index in [0.717, 1.165) is 69.8 Å². The molecule has 2 fully saturated rings. The molecule has 5 atom stereocenters. The highest BCUT2D eigenvalue weighted by Gasteiger charge is 2.38. The highest BCUT2D eigenvalue weighted by Crippen LogP contribution is 2.48. The largest absolute Gasteiger partial charge is 0.374 e. The molecule has 5 unspecified atom stereocenters. The molecule has 1 aromatic rings. The summed E-state index contributed by atoms with van der Waals surface area (Å²) < 4.78 is 36.5. The van der Waals surface area contributed by atoms with Gasteiger partial charge < -0.3 is 4.74 Å². The van der Waals surface area contributed by atoms with Crippen LogP contribution in [0.3, 0.4) is 0 Å². The van der Waals surface area contributed by atoms with Crippen LogP contribution >= 0.6 is 0 Å². The Bertz CT molecular complexity index is 788. The van der Waals surface area contributed by atoms with Crippen LogP contribution in [-0.4, -0.2) is 12.7 Å². The van der Waals surface area contributed by atoms with Crippen molar-refractivity contribution in [2.45, 2.75) is 115 Å². The summed E-state index contributed by atoms with van der Waals surface area (Å²) in [5.41, 5.74) is 2.46. The molecule has 0 aliphatic heterocycles. The van der Waals surface area contributed by atoms with Gasteiger partial charge in [-0.1, -0.05) is 57.6 Å². The number of hydrogen-bond acceptors (Lipinski definition) is 1. The van der Waals surface area contributed by atoms with Gasteiger partial charge in [0.25, 0.3) is 0 Å². The minimum Gasteiger partial charge on any atom is -0.374 e. The SMILES string of the molecule is C=CCOC1CCC2CC(c3cc4c(c(F)c3F)CC(CCCCCCC)CC4)CCC2C1. The average molecular weight is 459 g/mol. The molecule has 0 aromatic heterocycles. The molecule has 3 aliphatic rings. The lowest BCUT2D eigenvalue weighted by Crippen LogP contribution is -2.34. The minimum atomic E-state index is -0.538. The fourth-order valence-corrected chi connectivity index (χ4v) is 7.00. The third-order valence-corrected chi connectivity index (χ3v) is 8.91. The van der Waals surface area contributed by atoms with Gasteiger partial charge in [-0.25, -0.2) is 8.78 Å². The Morgan fingerprint density at radius 2 is 1.76 bits per heavy atom. The first-order valence-corrected chi connectivity index (χ1v) is 13.8. The Hall–Kier alpha value is -1.22. The zero-order valence-electron chi connectivity index (χ0n) is 20.7. The van der Waals surface area contributed by atoms with Crippen molar-refractivity contribution in [1.29, 1.82) is 0 Å². The molecule has 184 valence electrons. The van der Waals surface area contributed by atoms with Crippen molar-refractivity contribution in [2.75, 3.05) is 6.61 Å². The van der Waals surface area contributed by atoms with E-state index >= 15 is 8.78 Å². The molecule has 1 nitrogen and oxygen atoms in total. The Labute approximate surface area is 200 Å². The van der Waals surface area contributed by atoms with Gasteiger partial charge in [0, 0.05) is 0 Å². The van der Waals surface area contributed by atoms with Gasteiger partial charge in [0.2, 0.25) is 0 Å². The van der Waals surface area contributed by atoms with Crippen LogP contribution in [0.5, 0.6) is 0 Å². The van der Waals surface area contributed by atoms with Crippen LogP contribution < -0.4 is 0 Å². The van der Waals surface area contributed by atoms with Gasteiger partial charge in [-0.3, -0.25) is 0 Å². The van der Waals surface area contributed by atoms with Crippen molar-refractivity contribution < 1.29 is 13.5 Å². The topological polar surface area (TPSA) is 9.23 Å². The summed E-state index contributed by atoms with van der Waals surface area (Å²) in [5.74, 6) is 0.933. The number of rotatable bonds is 10. The molecule has 3 aliphatic carbocycles. The van der Waals surface area contributed by atoms with Gasteiger partial charge in [-0.2, -0.15) is 0 Å². The third-order valence-electron chi connectivity index (χ3n) is 8.91. The van der Waals surface area contributed by atoms with E-state index in [9.17, 15) is 0 Å². The number of aryl methyl sites for hydroxylation is 1. The molecule has 0 bridgehead atoms. The van der Waals surface area contributed by atoms with Crippen molar-refractivity contribution in [3.05, 3.63) is 47.0 Å². The van der Waals surface area contributed by atoms with E-state index in [1.807, 2.05) is 6.08 Å². The first-order chi connectivity index (χ1) is 16.1. The molecule has 1 aromatic carbocycles. The van der Waals surface area contributed by atoms with Crippen LogP contribution in [0.25, 0.3) is 0 Å². The summed E-state index contributed by atoms with van der Waals surface area (Å²) in [7, 11) is 0. The van der Waals surface area contributed by atoms with Crippen LogP contribution in [-0.2, 0) is 17.6 Å². The molecule has 0 spiro atoms. The summed E-state index contributed by atoms with van der Waals surface area (Å²) in [6.07, 6.45) is 18.9. The standard InChI is InChI=1S/C30H44F2O/c1-3-5-6-7-8-9-21-10-11-25-20-28(30(32)29(31)27(25)17-21)24-13-12-23-19-26(33-16-4-2)15-14-22(23)18-24/h4,20-24,26H,2-3,5-19H2,1H3. The van der Waals surface area contributed by atoms with Gasteiger partial charge in [0.05, 0.1) is 12.7 Å². The predicted octanol–water partition coefficient (Wildman–Crippen LogP) is 8.69. The van der Waals surface area contributed by atoms with E-state index in [0.29, 0.717) is 41.6 Å². The van der Waals surface area contributed by atoms with Gasteiger partial charge >= 0.3 is 0 Å². The Balaban J connectivity index is 1.37. The summed E-state index contributed by atoms with van der Waals surface area (Å²) in [5, 5.41) is 0. The van der Waals surface area contributed by atoms with E-state index in [1.54, 1.807) is 0 Å². The van der Waals surface area contributed by atoms with Crippen molar-refractivity contribution in [1.82, 2.24) is 0 Å². The molecular weight excluding hydrogens is 414 g/mol. The quantitative estimate of drug-likeness (QED) is 0.252. The van der Waals surface area contributed by atoms with E-state index in [-0.39, 0.29) is 5.92 Å². The molecule has 0 radical (unpaired) electrons. The number of halogens is 2. The zero-order valence-corrected chi connectivity index (χ0v) is 20.7. The fraction of sp³-hybridized carbons (Fsp3) is 0.733. The van der Waals surface area contributed by atoms with E-state index < -0.39 is 11.6 Å². The van der Waals surface area contributed by atoms with Crippen LogP contribution in [0.4, 0.5) is 8.78 Å². The second-order valence-electron chi connectivity index (χ2n) is 11.1. The number of fused-ring (bicyclic) bond motifs is 2. The molecule has 0 saturated heterocycles. The van der Waals surface area contributed by atoms with Crippen LogP contribution in [0, 0.1) is 29.4 Å². The van der Waals surface area contributed by atoms with Gasteiger partial charge in [-0.15, -0.1) is 6.58 Å². The lowest BCUT2D eigenvalue weighted by Gasteiger charge is -2.42. The molecule has 0 heterocycles. The number of hydrogen-bond donors (Lipinski definition) is 0. The maximum absolute atomic E-state index is 15.3. The monoisotopic (exact) mass is 458 g/mol. The Kier molecular flexibility index (Phi) is 9.02. The van der Waals surface area contributed by atoms with Crippen molar-refractivity contribution in [2.24, 2.45) is 17.8 Å². The summed E-state index contributed by atoms with van der Waals surface area (Å²) in [6, 6.07) is 2.06. The van der Waals surface area contributed by atoms with Crippen LogP contribution in [0.1, 0.15) is 113 Å². The first-order valence-electron chi connectivity index (χ1n) is 13.8. The van der Waals surface area contributed by atoms with E-state index in [4.69, 9.17) is 4.74 Å². The molecule has 33 heavy (non-hydrogen) atoms.